The van der Waals surface area contributed by atoms with Gasteiger partial charge in [-0.2, -0.15) is 0 Å². The van der Waals surface area contributed by atoms with Crippen LogP contribution in [0.5, 0.6) is 0 Å². The first-order chi connectivity index (χ1) is 8.70. The van der Waals surface area contributed by atoms with Crippen molar-refractivity contribution in [3.8, 4) is 0 Å². The van der Waals surface area contributed by atoms with E-state index in [4.69, 9.17) is 27.2 Å². The Labute approximate surface area is 116 Å². The molecular weight excluding hydrogens is 292 g/mol. The van der Waals surface area contributed by atoms with E-state index in [9.17, 15) is 13.2 Å². The summed E-state index contributed by atoms with van der Waals surface area (Å²) >= 11 is 5.78. The molecule has 0 aliphatic rings. The van der Waals surface area contributed by atoms with Crippen LogP contribution in [-0.2, 0) is 26.2 Å². The molecule has 0 bridgehead atoms. The number of carbonyl (C=O) groups is 1. The molecule has 0 heterocycles. The number of ether oxygens (including phenoxy) is 1. The van der Waals surface area contributed by atoms with Gasteiger partial charge in [-0.3, -0.25) is 0 Å². The Bertz CT molecular complexity index is 622. The molecule has 0 radical (unpaired) electrons. The SMILES string of the molecule is C/C(N)=C/C(=O)OCc1ccc(S(N)(=O)=O)c(Cl)c1. The minimum Gasteiger partial charge on any atom is -0.458 e. The standard InChI is InChI=1S/C11H13ClN2O4S/c1-7(13)4-11(15)18-6-8-2-3-10(9(12)5-8)19(14,16)17/h2-5H,6,13H2,1H3,(H2,14,16,17)/b7-4-. The van der Waals surface area contributed by atoms with Gasteiger partial charge in [0.15, 0.2) is 0 Å². The smallest absolute Gasteiger partial charge is 0.332 e. The number of esters is 1. The number of halogens is 1. The lowest BCUT2D eigenvalue weighted by atomic mass is 10.2. The second-order valence-electron chi connectivity index (χ2n) is 3.81. The van der Waals surface area contributed by atoms with E-state index >= 15 is 0 Å². The summed E-state index contributed by atoms with van der Waals surface area (Å²) in [6.07, 6.45) is 1.14. The first-order valence-corrected chi connectivity index (χ1v) is 7.04. The number of carbonyl (C=O) groups excluding carboxylic acids is 1. The number of primary sulfonamides is 1. The van der Waals surface area contributed by atoms with Gasteiger partial charge < -0.3 is 10.5 Å². The highest BCUT2D eigenvalue weighted by molar-refractivity contribution is 7.89. The van der Waals surface area contributed by atoms with Crippen LogP contribution in [0.3, 0.4) is 0 Å². The number of benzene rings is 1. The number of hydrogen-bond donors (Lipinski definition) is 2. The second kappa shape index (κ2) is 6.05. The number of hydrogen-bond acceptors (Lipinski definition) is 5. The molecule has 1 aromatic rings. The zero-order valence-electron chi connectivity index (χ0n) is 10.1. The van der Waals surface area contributed by atoms with Gasteiger partial charge in [0.2, 0.25) is 10.0 Å². The molecule has 0 fully saturated rings. The number of rotatable bonds is 4. The van der Waals surface area contributed by atoms with Gasteiger partial charge >= 0.3 is 5.97 Å². The zero-order chi connectivity index (χ0) is 14.6. The summed E-state index contributed by atoms with van der Waals surface area (Å²) in [4.78, 5) is 11.0. The van der Waals surface area contributed by atoms with Crippen molar-refractivity contribution in [3.63, 3.8) is 0 Å². The van der Waals surface area contributed by atoms with Crippen molar-refractivity contribution in [1.82, 2.24) is 0 Å². The van der Waals surface area contributed by atoms with Gasteiger partial charge in [0, 0.05) is 11.8 Å². The van der Waals surface area contributed by atoms with Crippen LogP contribution in [-0.4, -0.2) is 14.4 Å². The van der Waals surface area contributed by atoms with Crippen molar-refractivity contribution in [2.75, 3.05) is 0 Å². The van der Waals surface area contributed by atoms with Crippen molar-refractivity contribution >= 4 is 27.6 Å². The fourth-order valence-electron chi connectivity index (χ4n) is 1.25. The maximum absolute atomic E-state index is 11.2. The minimum absolute atomic E-state index is 0.0263. The first-order valence-electron chi connectivity index (χ1n) is 5.12. The Morgan fingerprint density at radius 3 is 2.58 bits per heavy atom. The summed E-state index contributed by atoms with van der Waals surface area (Å²) in [5.41, 5.74) is 6.18. The minimum atomic E-state index is -3.86. The molecule has 19 heavy (non-hydrogen) atoms. The average molecular weight is 305 g/mol. The highest BCUT2D eigenvalue weighted by Crippen LogP contribution is 2.21. The van der Waals surface area contributed by atoms with E-state index in [1.807, 2.05) is 0 Å². The van der Waals surface area contributed by atoms with Crippen LogP contribution in [0.25, 0.3) is 0 Å². The molecule has 0 aliphatic heterocycles. The van der Waals surface area contributed by atoms with Crippen LogP contribution < -0.4 is 10.9 Å². The van der Waals surface area contributed by atoms with Gasteiger partial charge in [0.25, 0.3) is 0 Å². The van der Waals surface area contributed by atoms with Crippen LogP contribution in [0.15, 0.2) is 34.9 Å². The van der Waals surface area contributed by atoms with Gasteiger partial charge in [-0.15, -0.1) is 0 Å². The highest BCUT2D eigenvalue weighted by Gasteiger charge is 2.13. The van der Waals surface area contributed by atoms with Crippen LogP contribution in [0, 0.1) is 0 Å². The van der Waals surface area contributed by atoms with Crippen LogP contribution in [0.2, 0.25) is 5.02 Å². The van der Waals surface area contributed by atoms with E-state index in [0.29, 0.717) is 11.3 Å². The van der Waals surface area contributed by atoms with Crippen LogP contribution in [0.1, 0.15) is 12.5 Å². The molecule has 0 aliphatic carbocycles. The van der Waals surface area contributed by atoms with Crippen molar-refractivity contribution in [3.05, 3.63) is 40.6 Å². The van der Waals surface area contributed by atoms with Gasteiger partial charge in [-0.25, -0.2) is 18.4 Å². The van der Waals surface area contributed by atoms with Crippen molar-refractivity contribution < 1.29 is 17.9 Å². The number of sulfonamides is 1. The molecule has 6 nitrogen and oxygen atoms in total. The second-order valence-corrected chi connectivity index (χ2v) is 5.74. The summed E-state index contributed by atoms with van der Waals surface area (Å²) in [6.45, 7) is 1.51. The van der Waals surface area contributed by atoms with Crippen molar-refractivity contribution in [1.29, 1.82) is 0 Å². The third kappa shape index (κ3) is 4.90. The number of nitrogens with two attached hydrogens (primary N) is 2. The Balaban J connectivity index is 2.81. The van der Waals surface area contributed by atoms with E-state index in [2.05, 4.69) is 0 Å². The fourth-order valence-corrected chi connectivity index (χ4v) is 2.36. The summed E-state index contributed by atoms with van der Waals surface area (Å²) in [5, 5.41) is 4.94. The molecular formula is C11H13ClN2O4S. The molecule has 0 amide bonds. The lowest BCUT2D eigenvalue weighted by Gasteiger charge is -2.06. The van der Waals surface area contributed by atoms with Gasteiger partial charge in [0.05, 0.1) is 5.02 Å². The monoisotopic (exact) mass is 304 g/mol. The number of allylic oxidation sites excluding steroid dienone is 1. The van der Waals surface area contributed by atoms with E-state index in [0.717, 1.165) is 6.08 Å². The molecule has 0 saturated heterocycles. The largest absolute Gasteiger partial charge is 0.458 e. The third-order valence-electron chi connectivity index (χ3n) is 2.03. The van der Waals surface area contributed by atoms with E-state index < -0.39 is 16.0 Å². The molecule has 1 rings (SSSR count). The molecule has 0 unspecified atom stereocenters. The van der Waals surface area contributed by atoms with Crippen LogP contribution in [0.4, 0.5) is 0 Å². The van der Waals surface area contributed by atoms with Gasteiger partial charge in [0.1, 0.15) is 11.5 Å². The molecule has 0 atom stereocenters. The zero-order valence-corrected chi connectivity index (χ0v) is 11.7. The van der Waals surface area contributed by atoms with Crippen LogP contribution >= 0.6 is 11.6 Å². The lowest BCUT2D eigenvalue weighted by Crippen LogP contribution is -2.13. The first kappa shape index (κ1) is 15.5. The van der Waals surface area contributed by atoms with E-state index in [-0.39, 0.29) is 16.5 Å². The van der Waals surface area contributed by atoms with Gasteiger partial charge in [-0.1, -0.05) is 17.7 Å². The molecule has 0 saturated carbocycles. The summed E-state index contributed by atoms with van der Waals surface area (Å²) < 4.78 is 27.2. The predicted octanol–water partition coefficient (Wildman–Crippen LogP) is 0.893. The Morgan fingerprint density at radius 1 is 1.47 bits per heavy atom. The fraction of sp³-hybridized carbons (Fsp3) is 0.182. The molecule has 0 aromatic heterocycles. The topological polar surface area (TPSA) is 112 Å². The quantitative estimate of drug-likeness (QED) is 0.633. The van der Waals surface area contributed by atoms with E-state index in [1.54, 1.807) is 6.92 Å². The van der Waals surface area contributed by atoms with E-state index in [1.165, 1.54) is 18.2 Å². The van der Waals surface area contributed by atoms with Gasteiger partial charge in [-0.05, 0) is 24.6 Å². The van der Waals surface area contributed by atoms with Crippen molar-refractivity contribution in [2.24, 2.45) is 10.9 Å². The molecule has 4 N–H and O–H groups in total. The molecule has 8 heteroatoms. The lowest BCUT2D eigenvalue weighted by molar-refractivity contribution is -0.139. The predicted molar refractivity (Wildman–Crippen MR) is 70.6 cm³/mol. The summed E-state index contributed by atoms with van der Waals surface area (Å²) in [5.74, 6) is -0.591. The molecule has 104 valence electrons. The average Bonchev–Trinajstić information content (AvgIpc) is 2.23. The maximum Gasteiger partial charge on any atom is 0.332 e. The normalized spacial score (nSPS) is 12.3. The Morgan fingerprint density at radius 2 is 2.11 bits per heavy atom. The Hall–Kier alpha value is -1.57. The molecule has 0 spiro atoms. The highest BCUT2D eigenvalue weighted by atomic mass is 35.5. The Kier molecular flexibility index (Phi) is 4.93. The van der Waals surface area contributed by atoms with Crippen molar-refractivity contribution in [2.45, 2.75) is 18.4 Å². The third-order valence-corrected chi connectivity index (χ3v) is 3.42. The molecule has 1 aromatic carbocycles. The summed E-state index contributed by atoms with van der Waals surface area (Å²) in [7, 11) is -3.86. The maximum atomic E-state index is 11.2. The summed E-state index contributed by atoms with van der Waals surface area (Å²) in [6, 6.07) is 4.08.